The molecule has 6 heteroatoms. The zero-order valence-corrected chi connectivity index (χ0v) is 16.8. The van der Waals surface area contributed by atoms with Crippen LogP contribution in [0.5, 0.6) is 5.75 Å². The van der Waals surface area contributed by atoms with Gasteiger partial charge in [0.25, 0.3) is 0 Å². The second kappa shape index (κ2) is 13.3. The Hall–Kier alpha value is -1.92. The zero-order chi connectivity index (χ0) is 20.0. The van der Waals surface area contributed by atoms with Crippen molar-refractivity contribution in [3.8, 4) is 5.75 Å². The molecule has 1 unspecified atom stereocenters. The molecule has 1 saturated heterocycles. The average molecular weight is 392 g/mol. The molecular formula is C22H32O6. The van der Waals surface area contributed by atoms with Crippen molar-refractivity contribution in [1.29, 1.82) is 0 Å². The van der Waals surface area contributed by atoms with Crippen LogP contribution in [0.25, 0.3) is 0 Å². The highest BCUT2D eigenvalue weighted by Crippen LogP contribution is 2.21. The molecule has 156 valence electrons. The number of ether oxygens (including phenoxy) is 4. The van der Waals surface area contributed by atoms with Gasteiger partial charge in [-0.3, -0.25) is 9.59 Å². The van der Waals surface area contributed by atoms with Crippen molar-refractivity contribution in [2.45, 2.75) is 64.6 Å². The Labute approximate surface area is 167 Å². The van der Waals surface area contributed by atoms with Gasteiger partial charge < -0.3 is 18.9 Å². The van der Waals surface area contributed by atoms with Crippen molar-refractivity contribution in [3.63, 3.8) is 0 Å². The van der Waals surface area contributed by atoms with Crippen LogP contribution in [-0.4, -0.2) is 44.5 Å². The third kappa shape index (κ3) is 9.33. The summed E-state index contributed by atoms with van der Waals surface area (Å²) in [6, 6.07) is 8.00. The van der Waals surface area contributed by atoms with Gasteiger partial charge in [-0.25, -0.2) is 0 Å². The molecule has 6 nitrogen and oxygen atoms in total. The molecule has 1 heterocycles. The Morgan fingerprint density at radius 2 is 1.93 bits per heavy atom. The number of para-hydroxylation sites is 1. The van der Waals surface area contributed by atoms with Crippen LogP contribution >= 0.6 is 0 Å². The van der Waals surface area contributed by atoms with Crippen LogP contribution in [0.15, 0.2) is 24.3 Å². The first-order chi connectivity index (χ1) is 13.6. The number of carbonyl (C=O) groups excluding carboxylic acids is 2. The van der Waals surface area contributed by atoms with Crippen molar-refractivity contribution in [1.82, 2.24) is 0 Å². The van der Waals surface area contributed by atoms with Gasteiger partial charge in [0.2, 0.25) is 0 Å². The summed E-state index contributed by atoms with van der Waals surface area (Å²) in [7, 11) is 0. The van der Waals surface area contributed by atoms with Gasteiger partial charge >= 0.3 is 5.97 Å². The first kappa shape index (κ1) is 22.4. The average Bonchev–Trinajstić information content (AvgIpc) is 2.68. The minimum Gasteiger partial charge on any atom is -0.493 e. The van der Waals surface area contributed by atoms with E-state index in [-0.39, 0.29) is 25.1 Å². The number of hydrogen-bond donors (Lipinski definition) is 0. The van der Waals surface area contributed by atoms with E-state index in [1.807, 2.05) is 18.2 Å². The topological polar surface area (TPSA) is 71.1 Å². The van der Waals surface area contributed by atoms with Crippen LogP contribution in [0.2, 0.25) is 0 Å². The highest BCUT2D eigenvalue weighted by atomic mass is 16.7. The Bertz CT molecular complexity index is 594. The number of aryl methyl sites for hydroxylation is 1. The largest absolute Gasteiger partial charge is 0.493 e. The molecule has 1 aliphatic heterocycles. The molecule has 0 N–H and O–H groups in total. The van der Waals surface area contributed by atoms with E-state index >= 15 is 0 Å². The fourth-order valence-corrected chi connectivity index (χ4v) is 3.01. The SMILES string of the molecule is CC(=O)CC(=O)OCCCOc1ccccc1CCCCOC1CCCCO1. The van der Waals surface area contributed by atoms with Gasteiger partial charge in [-0.2, -0.15) is 0 Å². The number of Topliss-reactive ketones (excluding diaryl/α,β-unsaturated/α-hetero) is 1. The lowest BCUT2D eigenvalue weighted by Crippen LogP contribution is -2.22. The van der Waals surface area contributed by atoms with E-state index in [9.17, 15) is 9.59 Å². The molecule has 0 spiro atoms. The van der Waals surface area contributed by atoms with Crippen molar-refractivity contribution in [3.05, 3.63) is 29.8 Å². The number of benzene rings is 1. The molecule has 1 aromatic carbocycles. The number of esters is 1. The van der Waals surface area contributed by atoms with Crippen LogP contribution in [0.4, 0.5) is 0 Å². The molecule has 0 radical (unpaired) electrons. The normalized spacial score (nSPS) is 16.5. The summed E-state index contributed by atoms with van der Waals surface area (Å²) in [6.07, 6.45) is 6.67. The maximum Gasteiger partial charge on any atom is 0.313 e. The van der Waals surface area contributed by atoms with Gasteiger partial charge in [0.1, 0.15) is 18.0 Å². The minimum absolute atomic E-state index is 0.0195. The minimum atomic E-state index is -0.478. The van der Waals surface area contributed by atoms with Crippen molar-refractivity contribution in [2.75, 3.05) is 26.4 Å². The second-order valence-corrected chi connectivity index (χ2v) is 7.03. The maximum atomic E-state index is 11.3. The van der Waals surface area contributed by atoms with Crippen molar-refractivity contribution >= 4 is 11.8 Å². The zero-order valence-electron chi connectivity index (χ0n) is 16.8. The first-order valence-electron chi connectivity index (χ1n) is 10.2. The highest BCUT2D eigenvalue weighted by molar-refractivity contribution is 5.94. The quantitative estimate of drug-likeness (QED) is 0.289. The molecule has 2 rings (SSSR count). The Balaban J connectivity index is 1.59. The van der Waals surface area contributed by atoms with Crippen LogP contribution in [0.3, 0.4) is 0 Å². The van der Waals surface area contributed by atoms with E-state index in [1.165, 1.54) is 18.9 Å². The Morgan fingerprint density at radius 3 is 2.71 bits per heavy atom. The fraction of sp³-hybridized carbons (Fsp3) is 0.636. The van der Waals surface area contributed by atoms with Gasteiger partial charge in [0.05, 0.1) is 13.2 Å². The van der Waals surface area contributed by atoms with Crippen LogP contribution < -0.4 is 4.74 Å². The van der Waals surface area contributed by atoms with Gasteiger partial charge in [-0.1, -0.05) is 18.2 Å². The van der Waals surface area contributed by atoms with Gasteiger partial charge in [-0.05, 0) is 57.1 Å². The van der Waals surface area contributed by atoms with Gasteiger partial charge in [0.15, 0.2) is 6.29 Å². The molecule has 0 bridgehead atoms. The molecule has 28 heavy (non-hydrogen) atoms. The monoisotopic (exact) mass is 392 g/mol. The molecule has 0 aliphatic carbocycles. The lowest BCUT2D eigenvalue weighted by molar-refractivity contribution is -0.162. The number of ketones is 1. The Kier molecular flexibility index (Phi) is 10.6. The lowest BCUT2D eigenvalue weighted by atomic mass is 10.1. The summed E-state index contributed by atoms with van der Waals surface area (Å²) in [4.78, 5) is 22.1. The van der Waals surface area contributed by atoms with E-state index in [2.05, 4.69) is 6.07 Å². The van der Waals surface area contributed by atoms with E-state index in [0.29, 0.717) is 13.0 Å². The summed E-state index contributed by atoms with van der Waals surface area (Å²) < 4.78 is 22.2. The summed E-state index contributed by atoms with van der Waals surface area (Å²) in [5.41, 5.74) is 1.17. The first-order valence-corrected chi connectivity index (χ1v) is 10.2. The standard InChI is InChI=1S/C22H32O6/c1-18(23)17-21(24)26-16-8-15-25-20-11-3-2-9-19(20)10-4-6-13-27-22-12-5-7-14-28-22/h2-3,9,11,22H,4-8,10,12-17H2,1H3. The predicted octanol–water partition coefficient (Wildman–Crippen LogP) is 3.84. The molecule has 0 amide bonds. The molecule has 1 aliphatic rings. The molecule has 1 aromatic rings. The summed E-state index contributed by atoms with van der Waals surface area (Å²) in [5, 5.41) is 0. The molecule has 1 fully saturated rings. The molecule has 0 aromatic heterocycles. The molecular weight excluding hydrogens is 360 g/mol. The van der Waals surface area contributed by atoms with Gasteiger partial charge in [0, 0.05) is 19.6 Å². The van der Waals surface area contributed by atoms with Crippen molar-refractivity contribution in [2.24, 2.45) is 0 Å². The fourth-order valence-electron chi connectivity index (χ4n) is 3.01. The number of unbranched alkanes of at least 4 members (excludes halogenated alkanes) is 1. The second-order valence-electron chi connectivity index (χ2n) is 7.03. The lowest BCUT2D eigenvalue weighted by Gasteiger charge is -2.22. The third-order valence-corrected chi connectivity index (χ3v) is 4.46. The van der Waals surface area contributed by atoms with E-state index in [4.69, 9.17) is 18.9 Å². The van der Waals surface area contributed by atoms with Crippen LogP contribution in [0.1, 0.15) is 57.4 Å². The smallest absolute Gasteiger partial charge is 0.313 e. The maximum absolute atomic E-state index is 11.3. The number of carbonyl (C=O) groups is 2. The predicted molar refractivity (Wildman–Crippen MR) is 105 cm³/mol. The van der Waals surface area contributed by atoms with Crippen LogP contribution in [-0.2, 0) is 30.2 Å². The summed E-state index contributed by atoms with van der Waals surface area (Å²) >= 11 is 0. The van der Waals surface area contributed by atoms with E-state index in [0.717, 1.165) is 51.1 Å². The van der Waals surface area contributed by atoms with E-state index < -0.39 is 5.97 Å². The third-order valence-electron chi connectivity index (χ3n) is 4.46. The molecule has 1 atom stereocenters. The highest BCUT2D eigenvalue weighted by Gasteiger charge is 2.13. The van der Waals surface area contributed by atoms with Crippen LogP contribution in [0, 0.1) is 0 Å². The van der Waals surface area contributed by atoms with E-state index in [1.54, 1.807) is 0 Å². The van der Waals surface area contributed by atoms with Gasteiger partial charge in [-0.15, -0.1) is 0 Å². The number of hydrogen-bond acceptors (Lipinski definition) is 6. The number of rotatable bonds is 13. The molecule has 0 saturated carbocycles. The summed E-state index contributed by atoms with van der Waals surface area (Å²) in [6.45, 7) is 3.63. The Morgan fingerprint density at radius 1 is 1.07 bits per heavy atom. The summed E-state index contributed by atoms with van der Waals surface area (Å²) in [5.74, 6) is 0.203. The van der Waals surface area contributed by atoms with Crippen molar-refractivity contribution < 1.29 is 28.5 Å².